The first-order valence-corrected chi connectivity index (χ1v) is 11.2. The molecule has 0 radical (unpaired) electrons. The van der Waals surface area contributed by atoms with Gasteiger partial charge in [-0.15, -0.1) is 11.3 Å². The van der Waals surface area contributed by atoms with Gasteiger partial charge in [0.1, 0.15) is 5.75 Å². The third-order valence-corrected chi connectivity index (χ3v) is 6.10. The number of nitrogen functional groups attached to an aromatic ring is 1. The van der Waals surface area contributed by atoms with Crippen molar-refractivity contribution in [3.63, 3.8) is 0 Å². The van der Waals surface area contributed by atoms with Crippen molar-refractivity contribution in [2.75, 3.05) is 19.4 Å². The topological polar surface area (TPSA) is 101 Å². The van der Waals surface area contributed by atoms with E-state index in [1.54, 1.807) is 29.7 Å². The monoisotopic (exact) mass is 444 g/mol. The number of ether oxygens (including phenoxy) is 1. The van der Waals surface area contributed by atoms with Crippen molar-refractivity contribution in [2.45, 2.75) is 12.8 Å². The second kappa shape index (κ2) is 9.62. The van der Waals surface area contributed by atoms with Crippen molar-refractivity contribution in [1.82, 2.24) is 10.3 Å². The molecule has 2 aromatic carbocycles. The van der Waals surface area contributed by atoms with E-state index in [0.717, 1.165) is 21.9 Å². The summed E-state index contributed by atoms with van der Waals surface area (Å²) in [6.45, 7) is 0.456. The molecule has 0 spiro atoms. The summed E-state index contributed by atoms with van der Waals surface area (Å²) in [5, 5.41) is 16.8. The minimum absolute atomic E-state index is 0.209. The molecule has 1 amide bonds. The first-order chi connectivity index (χ1) is 15.6. The standard InChI is InChI=1S/C25H24N4O2S/c1-31-24-19(25(30)29-12-11-21-28-13-14-32-21)9-10-20(26)22(24)23(27)18-8-7-16-5-3-2-4-6-17(16)15-18/h2,4-10,13-15,27H,3,11-12,26H2,1H3,(H,29,30). The third kappa shape index (κ3) is 4.48. The van der Waals surface area contributed by atoms with E-state index >= 15 is 0 Å². The van der Waals surface area contributed by atoms with E-state index in [0.29, 0.717) is 41.1 Å². The van der Waals surface area contributed by atoms with Crippen LogP contribution in [0.4, 0.5) is 5.69 Å². The van der Waals surface area contributed by atoms with Crippen LogP contribution < -0.4 is 26.2 Å². The van der Waals surface area contributed by atoms with Crippen LogP contribution in [0, 0.1) is 5.41 Å². The number of carbonyl (C=O) groups excluding carboxylic acids is 1. The molecule has 0 unspecified atom stereocenters. The van der Waals surface area contributed by atoms with E-state index in [1.807, 2.05) is 35.7 Å². The summed E-state index contributed by atoms with van der Waals surface area (Å²) in [4.78, 5) is 17.1. The number of anilines is 1. The third-order valence-electron chi connectivity index (χ3n) is 5.26. The number of fused-ring (bicyclic) bond motifs is 1. The molecule has 1 aromatic heterocycles. The zero-order valence-corrected chi connectivity index (χ0v) is 18.5. The van der Waals surface area contributed by atoms with Crippen LogP contribution in [0.2, 0.25) is 0 Å². The van der Waals surface area contributed by atoms with Gasteiger partial charge in [-0.3, -0.25) is 10.2 Å². The number of nitrogens with one attached hydrogen (secondary N) is 2. The van der Waals surface area contributed by atoms with Crippen molar-refractivity contribution in [2.24, 2.45) is 0 Å². The quantitative estimate of drug-likeness (QED) is 0.385. The van der Waals surface area contributed by atoms with Gasteiger partial charge in [-0.2, -0.15) is 0 Å². The van der Waals surface area contributed by atoms with Crippen molar-refractivity contribution < 1.29 is 9.53 Å². The van der Waals surface area contributed by atoms with Gasteiger partial charge in [-0.1, -0.05) is 36.4 Å². The molecule has 0 bridgehead atoms. The number of nitrogens with zero attached hydrogens (tertiary/aromatic N) is 1. The van der Waals surface area contributed by atoms with Crippen molar-refractivity contribution >= 4 is 40.8 Å². The first kappa shape index (κ1) is 21.5. The highest BCUT2D eigenvalue weighted by molar-refractivity contribution is 7.09. The Morgan fingerprint density at radius 2 is 2.16 bits per heavy atom. The molecule has 0 fully saturated rings. The van der Waals surface area contributed by atoms with E-state index in [1.165, 1.54) is 7.11 Å². The molecule has 32 heavy (non-hydrogen) atoms. The van der Waals surface area contributed by atoms with Crippen LogP contribution in [0.1, 0.15) is 32.9 Å². The molecule has 0 saturated heterocycles. The first-order valence-electron chi connectivity index (χ1n) is 10.3. The molecule has 1 aliphatic carbocycles. The summed E-state index contributed by atoms with van der Waals surface area (Å²) in [5.41, 5.74) is 8.30. The molecule has 7 heteroatoms. The summed E-state index contributed by atoms with van der Waals surface area (Å²) >= 11 is 1.55. The van der Waals surface area contributed by atoms with Crippen LogP contribution in [0.25, 0.3) is 12.2 Å². The number of carbonyl (C=O) groups is 1. The maximum absolute atomic E-state index is 12.9. The van der Waals surface area contributed by atoms with E-state index in [-0.39, 0.29) is 11.6 Å². The lowest BCUT2D eigenvalue weighted by Crippen LogP contribution is -2.27. The zero-order chi connectivity index (χ0) is 22.5. The van der Waals surface area contributed by atoms with Gasteiger partial charge in [-0.05, 0) is 35.1 Å². The molecule has 6 nitrogen and oxygen atoms in total. The maximum atomic E-state index is 12.9. The molecular formula is C25H24N4O2S. The minimum Gasteiger partial charge on any atom is -0.495 e. The summed E-state index contributed by atoms with van der Waals surface area (Å²) < 4.78 is 5.59. The molecule has 0 atom stereocenters. The number of nitrogens with two attached hydrogens (primary N) is 1. The molecule has 3 aromatic rings. The van der Waals surface area contributed by atoms with Gasteiger partial charge in [0, 0.05) is 35.8 Å². The number of hydrogen-bond donors (Lipinski definition) is 3. The van der Waals surface area contributed by atoms with Gasteiger partial charge in [-0.25, -0.2) is 4.98 Å². The Morgan fingerprint density at radius 1 is 1.28 bits per heavy atom. The van der Waals surface area contributed by atoms with Crippen LogP contribution in [-0.4, -0.2) is 30.3 Å². The molecule has 1 aliphatic rings. The Kier molecular flexibility index (Phi) is 6.47. The van der Waals surface area contributed by atoms with Gasteiger partial charge < -0.3 is 15.8 Å². The normalized spacial score (nSPS) is 12.2. The Hall–Kier alpha value is -3.71. The molecule has 4 N–H and O–H groups in total. The summed E-state index contributed by atoms with van der Waals surface area (Å²) in [5.74, 6) is 0.0228. The second-order valence-electron chi connectivity index (χ2n) is 7.30. The predicted molar refractivity (Wildman–Crippen MR) is 130 cm³/mol. The Labute approximate surface area is 190 Å². The fraction of sp³-hybridized carbons (Fsp3) is 0.160. The molecule has 1 heterocycles. The van der Waals surface area contributed by atoms with Gasteiger partial charge >= 0.3 is 0 Å². The van der Waals surface area contributed by atoms with Crippen LogP contribution in [0.3, 0.4) is 0 Å². The molecular weight excluding hydrogens is 420 g/mol. The van der Waals surface area contributed by atoms with Gasteiger partial charge in [0.15, 0.2) is 0 Å². The van der Waals surface area contributed by atoms with Crippen LogP contribution >= 0.6 is 11.3 Å². The SMILES string of the molecule is COc1c(C(=O)NCCc2nccs2)ccc(N)c1C(=N)c1ccc2c(c1)=CC=CCC=2. The zero-order valence-electron chi connectivity index (χ0n) is 17.7. The highest BCUT2D eigenvalue weighted by Gasteiger charge is 2.22. The number of benzene rings is 2. The molecule has 4 rings (SSSR count). The van der Waals surface area contributed by atoms with Crippen LogP contribution in [0.15, 0.2) is 54.1 Å². The van der Waals surface area contributed by atoms with E-state index in [4.69, 9.17) is 15.9 Å². The average molecular weight is 445 g/mol. The average Bonchev–Trinajstić information content (AvgIpc) is 3.21. The Balaban J connectivity index is 1.65. The minimum atomic E-state index is -0.276. The number of amides is 1. The molecule has 0 aliphatic heterocycles. The van der Waals surface area contributed by atoms with Gasteiger partial charge in [0.2, 0.25) is 0 Å². The number of methoxy groups -OCH3 is 1. The second-order valence-corrected chi connectivity index (χ2v) is 8.27. The lowest BCUT2D eigenvalue weighted by Gasteiger charge is -2.17. The fourth-order valence-corrected chi connectivity index (χ4v) is 4.27. The van der Waals surface area contributed by atoms with Crippen molar-refractivity contribution in [1.29, 1.82) is 5.41 Å². The Bertz CT molecular complexity index is 1310. The fourth-order valence-electron chi connectivity index (χ4n) is 3.65. The number of thiazole rings is 1. The summed E-state index contributed by atoms with van der Waals surface area (Å²) in [7, 11) is 1.49. The lowest BCUT2D eigenvalue weighted by molar-refractivity contribution is 0.0951. The van der Waals surface area contributed by atoms with Gasteiger partial charge in [0.25, 0.3) is 5.91 Å². The van der Waals surface area contributed by atoms with Crippen molar-refractivity contribution in [3.05, 3.63) is 86.2 Å². The van der Waals surface area contributed by atoms with E-state index < -0.39 is 0 Å². The predicted octanol–water partition coefficient (Wildman–Crippen LogP) is 2.64. The van der Waals surface area contributed by atoms with E-state index in [2.05, 4.69) is 22.5 Å². The largest absolute Gasteiger partial charge is 0.495 e. The summed E-state index contributed by atoms with van der Waals surface area (Å²) in [6, 6.07) is 9.14. The number of aromatic nitrogens is 1. The molecule has 0 saturated carbocycles. The maximum Gasteiger partial charge on any atom is 0.255 e. The van der Waals surface area contributed by atoms with Gasteiger partial charge in [0.05, 0.1) is 29.0 Å². The Morgan fingerprint density at radius 3 is 2.94 bits per heavy atom. The highest BCUT2D eigenvalue weighted by atomic mass is 32.1. The smallest absolute Gasteiger partial charge is 0.255 e. The number of hydrogen-bond acceptors (Lipinski definition) is 6. The van der Waals surface area contributed by atoms with Crippen LogP contribution in [-0.2, 0) is 6.42 Å². The van der Waals surface area contributed by atoms with Crippen molar-refractivity contribution in [3.8, 4) is 5.75 Å². The van der Waals surface area contributed by atoms with E-state index in [9.17, 15) is 4.79 Å². The number of rotatable bonds is 7. The molecule has 162 valence electrons. The number of allylic oxidation sites excluding steroid dienone is 2. The van der Waals surface area contributed by atoms with Crippen LogP contribution in [0.5, 0.6) is 5.75 Å². The highest BCUT2D eigenvalue weighted by Crippen LogP contribution is 2.31. The lowest BCUT2D eigenvalue weighted by atomic mass is 9.96. The summed E-state index contributed by atoms with van der Waals surface area (Å²) in [6.07, 6.45) is 11.6.